The lowest BCUT2D eigenvalue weighted by Crippen LogP contribution is -2.39. The molecule has 0 bridgehead atoms. The van der Waals surface area contributed by atoms with Gasteiger partial charge < -0.3 is 4.74 Å². The summed E-state index contributed by atoms with van der Waals surface area (Å²) in [5.74, 6) is -0.193. The van der Waals surface area contributed by atoms with Gasteiger partial charge in [-0.1, -0.05) is 29.5 Å². The van der Waals surface area contributed by atoms with Crippen molar-refractivity contribution in [3.05, 3.63) is 69.3 Å². The van der Waals surface area contributed by atoms with Gasteiger partial charge in [-0.3, -0.25) is 24.7 Å². The summed E-state index contributed by atoms with van der Waals surface area (Å²) in [4.78, 5) is 32.8. The standard InChI is InChI=1S/C25H28N4O4S/c1-18-7-9-22-24(19(18)2)26-25(34-22)28(12-4-11-27-13-15-33-16-14-27)23(30)10-8-20-5-3-6-21(17-20)29(31)32/h3,5-10,17H,4,11-16H2,1-2H3/b10-8+. The molecule has 9 heteroatoms. The number of anilines is 1. The van der Waals surface area contributed by atoms with Crippen LogP contribution in [0.25, 0.3) is 16.3 Å². The number of fused-ring (bicyclic) bond motifs is 1. The molecule has 1 aliphatic heterocycles. The van der Waals surface area contributed by atoms with E-state index >= 15 is 0 Å². The van der Waals surface area contributed by atoms with E-state index in [0.717, 1.165) is 55.0 Å². The Kier molecular flexibility index (Phi) is 7.66. The van der Waals surface area contributed by atoms with Crippen LogP contribution in [-0.4, -0.2) is 60.1 Å². The minimum Gasteiger partial charge on any atom is -0.379 e. The lowest BCUT2D eigenvalue weighted by molar-refractivity contribution is -0.384. The predicted molar refractivity (Wildman–Crippen MR) is 135 cm³/mol. The minimum atomic E-state index is -0.442. The topological polar surface area (TPSA) is 88.8 Å². The molecule has 2 aromatic carbocycles. The van der Waals surface area contributed by atoms with E-state index in [0.29, 0.717) is 17.2 Å². The predicted octanol–water partition coefficient (Wildman–Crippen LogP) is 4.59. The quantitative estimate of drug-likeness (QED) is 0.266. The summed E-state index contributed by atoms with van der Waals surface area (Å²) < 4.78 is 6.47. The van der Waals surface area contributed by atoms with Gasteiger partial charge in [0.15, 0.2) is 5.13 Å². The highest BCUT2D eigenvalue weighted by atomic mass is 32.1. The summed E-state index contributed by atoms with van der Waals surface area (Å²) in [6.07, 6.45) is 3.90. The fraction of sp³-hybridized carbons (Fsp3) is 0.360. The zero-order valence-electron chi connectivity index (χ0n) is 19.4. The fourth-order valence-corrected chi connectivity index (χ4v) is 4.96. The number of carbonyl (C=O) groups excluding carboxylic acids is 1. The van der Waals surface area contributed by atoms with Crippen LogP contribution < -0.4 is 4.90 Å². The van der Waals surface area contributed by atoms with Gasteiger partial charge in [-0.05, 0) is 49.1 Å². The number of hydrogen-bond acceptors (Lipinski definition) is 7. The van der Waals surface area contributed by atoms with Crippen molar-refractivity contribution in [1.29, 1.82) is 0 Å². The molecule has 0 unspecified atom stereocenters. The fourth-order valence-electron chi connectivity index (χ4n) is 3.91. The summed E-state index contributed by atoms with van der Waals surface area (Å²) in [5, 5.41) is 11.7. The van der Waals surface area contributed by atoms with Gasteiger partial charge in [-0.2, -0.15) is 0 Å². The number of aryl methyl sites for hydroxylation is 2. The van der Waals surface area contributed by atoms with Crippen molar-refractivity contribution >= 4 is 44.4 Å². The number of hydrogen-bond donors (Lipinski definition) is 0. The van der Waals surface area contributed by atoms with Gasteiger partial charge in [0, 0.05) is 44.4 Å². The van der Waals surface area contributed by atoms with E-state index in [1.807, 2.05) is 13.0 Å². The van der Waals surface area contributed by atoms with E-state index in [1.165, 1.54) is 35.1 Å². The number of morpholine rings is 1. The first-order valence-corrected chi connectivity index (χ1v) is 12.1. The van der Waals surface area contributed by atoms with Crippen LogP contribution >= 0.6 is 11.3 Å². The number of rotatable bonds is 8. The number of nitro groups is 1. The molecule has 0 N–H and O–H groups in total. The van der Waals surface area contributed by atoms with Crippen molar-refractivity contribution in [2.75, 3.05) is 44.3 Å². The second-order valence-corrected chi connectivity index (χ2v) is 9.34. The van der Waals surface area contributed by atoms with Crippen LogP contribution in [0.5, 0.6) is 0 Å². The maximum atomic E-state index is 13.3. The highest BCUT2D eigenvalue weighted by molar-refractivity contribution is 7.22. The lowest BCUT2D eigenvalue weighted by Gasteiger charge is -2.27. The van der Waals surface area contributed by atoms with Gasteiger partial charge in [-0.25, -0.2) is 4.98 Å². The zero-order valence-corrected chi connectivity index (χ0v) is 20.2. The van der Waals surface area contributed by atoms with E-state index in [1.54, 1.807) is 23.1 Å². The smallest absolute Gasteiger partial charge is 0.270 e. The van der Waals surface area contributed by atoms with E-state index in [-0.39, 0.29) is 11.6 Å². The molecular formula is C25H28N4O4S. The van der Waals surface area contributed by atoms with Gasteiger partial charge >= 0.3 is 0 Å². The third-order valence-electron chi connectivity index (χ3n) is 6.03. The summed E-state index contributed by atoms with van der Waals surface area (Å²) in [6.45, 7) is 8.81. The third-order valence-corrected chi connectivity index (χ3v) is 7.07. The van der Waals surface area contributed by atoms with E-state index in [2.05, 4.69) is 17.9 Å². The number of ether oxygens (including phenoxy) is 1. The maximum Gasteiger partial charge on any atom is 0.270 e. The first-order chi connectivity index (χ1) is 16.4. The number of thiazole rings is 1. The molecule has 1 aliphatic rings. The van der Waals surface area contributed by atoms with Crippen LogP contribution in [0.3, 0.4) is 0 Å². The summed E-state index contributed by atoms with van der Waals surface area (Å²) >= 11 is 1.51. The number of nitro benzene ring substituents is 1. The van der Waals surface area contributed by atoms with Crippen molar-refractivity contribution < 1.29 is 14.5 Å². The molecule has 0 radical (unpaired) electrons. The Hall–Kier alpha value is -3.14. The van der Waals surface area contributed by atoms with Crippen LogP contribution in [-0.2, 0) is 9.53 Å². The Bertz CT molecular complexity index is 1220. The van der Waals surface area contributed by atoms with E-state index in [9.17, 15) is 14.9 Å². The normalized spacial score (nSPS) is 14.6. The molecule has 0 spiro atoms. The number of benzene rings is 2. The Morgan fingerprint density at radius 3 is 2.82 bits per heavy atom. The van der Waals surface area contributed by atoms with Gasteiger partial charge in [0.25, 0.3) is 11.6 Å². The van der Waals surface area contributed by atoms with Crippen molar-refractivity contribution in [3.63, 3.8) is 0 Å². The number of non-ortho nitro benzene ring substituents is 1. The molecule has 0 atom stereocenters. The molecule has 178 valence electrons. The van der Waals surface area contributed by atoms with E-state index in [4.69, 9.17) is 9.72 Å². The number of amides is 1. The Morgan fingerprint density at radius 1 is 1.26 bits per heavy atom. The largest absolute Gasteiger partial charge is 0.379 e. The zero-order chi connectivity index (χ0) is 24.1. The van der Waals surface area contributed by atoms with Gasteiger partial charge in [0.1, 0.15) is 0 Å². The van der Waals surface area contributed by atoms with Crippen molar-refractivity contribution in [2.45, 2.75) is 20.3 Å². The molecule has 1 saturated heterocycles. The average Bonchev–Trinajstić information content (AvgIpc) is 3.28. The molecule has 1 fully saturated rings. The molecule has 0 saturated carbocycles. The molecule has 1 amide bonds. The summed E-state index contributed by atoms with van der Waals surface area (Å²) in [6, 6.07) is 10.4. The SMILES string of the molecule is Cc1ccc2sc(N(CCCN3CCOCC3)C(=O)/C=C/c3cccc([N+](=O)[O-])c3)nc2c1C. The molecule has 4 rings (SSSR count). The molecule has 8 nitrogen and oxygen atoms in total. The van der Waals surface area contributed by atoms with Crippen LogP contribution in [0, 0.1) is 24.0 Å². The number of carbonyl (C=O) groups is 1. The number of aromatic nitrogens is 1. The molecule has 1 aromatic heterocycles. The van der Waals surface area contributed by atoms with Crippen LogP contribution in [0.1, 0.15) is 23.1 Å². The highest BCUT2D eigenvalue weighted by Gasteiger charge is 2.20. The molecular weight excluding hydrogens is 452 g/mol. The van der Waals surface area contributed by atoms with Crippen LogP contribution in [0.4, 0.5) is 10.8 Å². The van der Waals surface area contributed by atoms with Crippen molar-refractivity contribution in [1.82, 2.24) is 9.88 Å². The monoisotopic (exact) mass is 480 g/mol. The summed E-state index contributed by atoms with van der Waals surface area (Å²) in [7, 11) is 0. The van der Waals surface area contributed by atoms with Gasteiger partial charge in [0.05, 0.1) is 28.4 Å². The first-order valence-electron chi connectivity index (χ1n) is 11.3. The van der Waals surface area contributed by atoms with Gasteiger partial charge in [-0.15, -0.1) is 0 Å². The Morgan fingerprint density at radius 2 is 2.06 bits per heavy atom. The minimum absolute atomic E-state index is 0.00557. The average molecular weight is 481 g/mol. The first kappa shape index (κ1) is 24.0. The molecule has 0 aliphatic carbocycles. The van der Waals surface area contributed by atoms with Crippen LogP contribution in [0.2, 0.25) is 0 Å². The van der Waals surface area contributed by atoms with Crippen molar-refractivity contribution in [3.8, 4) is 0 Å². The lowest BCUT2D eigenvalue weighted by atomic mass is 10.1. The van der Waals surface area contributed by atoms with Gasteiger partial charge in [0.2, 0.25) is 0 Å². The highest BCUT2D eigenvalue weighted by Crippen LogP contribution is 2.32. The third kappa shape index (κ3) is 5.67. The maximum absolute atomic E-state index is 13.3. The molecule has 3 aromatic rings. The van der Waals surface area contributed by atoms with Crippen molar-refractivity contribution in [2.24, 2.45) is 0 Å². The Labute approximate surface area is 202 Å². The second-order valence-electron chi connectivity index (χ2n) is 8.33. The summed E-state index contributed by atoms with van der Waals surface area (Å²) in [5.41, 5.74) is 3.81. The second kappa shape index (κ2) is 10.9. The Balaban J connectivity index is 1.56. The molecule has 34 heavy (non-hydrogen) atoms. The van der Waals surface area contributed by atoms with Crippen LogP contribution in [0.15, 0.2) is 42.5 Å². The molecule has 2 heterocycles. The van der Waals surface area contributed by atoms with E-state index < -0.39 is 4.92 Å². The number of nitrogens with zero attached hydrogens (tertiary/aromatic N) is 4.